The lowest BCUT2D eigenvalue weighted by molar-refractivity contribution is -0.134. The van der Waals surface area contributed by atoms with E-state index in [4.69, 9.17) is 35.3 Å². The molecule has 1 rings (SSSR count). The smallest absolute Gasteiger partial charge is 0.352 e. The Morgan fingerprint density at radius 3 is 2.03 bits per heavy atom. The van der Waals surface area contributed by atoms with E-state index < -0.39 is 22.6 Å². The van der Waals surface area contributed by atoms with E-state index in [9.17, 15) is 4.79 Å². The first-order valence-electron chi connectivity index (χ1n) is 10.8. The number of carbonyl (C=O) groups is 1. The predicted octanol–water partition coefficient (Wildman–Crippen LogP) is 5.59. The van der Waals surface area contributed by atoms with Crippen molar-refractivity contribution in [2.75, 3.05) is 13.7 Å². The summed E-state index contributed by atoms with van der Waals surface area (Å²) in [5.41, 5.74) is 0. The Morgan fingerprint density at radius 2 is 1.61 bits per heavy atom. The Morgan fingerprint density at radius 1 is 1.10 bits per heavy atom. The van der Waals surface area contributed by atoms with E-state index in [0.717, 1.165) is 0 Å². The summed E-state index contributed by atoms with van der Waals surface area (Å²) in [5.74, 6) is -0.410. The number of thiocarbonyl (C=S) groups is 1. The van der Waals surface area contributed by atoms with Crippen molar-refractivity contribution >= 4 is 40.1 Å². The lowest BCUT2D eigenvalue weighted by Crippen LogP contribution is -2.50. The van der Waals surface area contributed by atoms with E-state index in [0.29, 0.717) is 13.0 Å². The zero-order valence-electron chi connectivity index (χ0n) is 21.2. The van der Waals surface area contributed by atoms with Gasteiger partial charge in [0, 0.05) is 24.7 Å². The van der Waals surface area contributed by atoms with Crippen molar-refractivity contribution in [3.8, 4) is 0 Å². The number of esters is 1. The third-order valence-corrected chi connectivity index (χ3v) is 15.9. The van der Waals surface area contributed by atoms with E-state index in [1.807, 2.05) is 0 Å². The summed E-state index contributed by atoms with van der Waals surface area (Å²) in [7, 11) is -2.86. The molecule has 3 atom stereocenters. The van der Waals surface area contributed by atoms with Crippen LogP contribution in [0, 0.1) is 0 Å². The topological polar surface area (TPSA) is 63.2 Å². The minimum Gasteiger partial charge on any atom is -0.466 e. The molecule has 0 aliphatic carbocycles. The van der Waals surface area contributed by atoms with Gasteiger partial charge >= 0.3 is 11.2 Å². The average molecular weight is 491 g/mol. The number of hydrogen-bond donors (Lipinski definition) is 0. The lowest BCUT2D eigenvalue weighted by Gasteiger charge is -2.42. The van der Waals surface area contributed by atoms with Crippen LogP contribution in [0.4, 0.5) is 0 Å². The van der Waals surface area contributed by atoms with Crippen LogP contribution in [-0.4, -0.2) is 59.9 Å². The van der Waals surface area contributed by atoms with Gasteiger partial charge in [-0.2, -0.15) is 0 Å². The first-order chi connectivity index (χ1) is 13.9. The van der Waals surface area contributed by atoms with Crippen LogP contribution in [0.25, 0.3) is 0 Å². The van der Waals surface area contributed by atoms with Gasteiger partial charge < -0.3 is 23.1 Å². The Hall–Kier alpha value is -0.746. The van der Waals surface area contributed by atoms with Crippen molar-refractivity contribution in [1.29, 1.82) is 0 Å². The van der Waals surface area contributed by atoms with Gasteiger partial charge in [-0.1, -0.05) is 41.5 Å². The van der Waals surface area contributed by atoms with Gasteiger partial charge in [-0.25, -0.2) is 4.79 Å². The third-order valence-electron chi connectivity index (χ3n) is 6.64. The molecule has 6 nitrogen and oxygen atoms in total. The van der Waals surface area contributed by atoms with Crippen LogP contribution in [0.5, 0.6) is 0 Å². The molecule has 0 unspecified atom stereocenters. The van der Waals surface area contributed by atoms with Crippen LogP contribution in [0.2, 0.25) is 36.3 Å². The zero-order chi connectivity index (χ0) is 24.3. The van der Waals surface area contributed by atoms with Crippen molar-refractivity contribution < 1.29 is 27.9 Å². The van der Waals surface area contributed by atoms with E-state index in [1.165, 1.54) is 13.2 Å². The molecule has 0 amide bonds. The SMILES string of the molecule is COC(=O)/C=C/[C@H](C[C@H](O[Si](C)(C)C(C)(C)C)[C@H]1COC(=S)O1)O[Si](C)(C)C(C)(C)C. The maximum absolute atomic E-state index is 11.8. The quantitative estimate of drug-likeness (QED) is 0.181. The molecule has 1 aliphatic heterocycles. The standard InChI is InChI=1S/C22H42O6SSi2/c1-21(2,3)30(8,9)27-16(12-13-19(23)24-7)14-17(18-15-25-20(29)26-18)28-31(10,11)22(4,5)6/h12-13,16-18H,14-15H2,1-11H3/b13-12+/t16-,17+,18-/m1/s1. The first-order valence-corrected chi connectivity index (χ1v) is 17.1. The number of carbonyl (C=O) groups excluding carboxylic acids is 1. The third kappa shape index (κ3) is 8.27. The number of rotatable bonds is 9. The van der Waals surface area contributed by atoms with Crippen LogP contribution in [0.3, 0.4) is 0 Å². The van der Waals surface area contributed by atoms with Gasteiger partial charge in [-0.3, -0.25) is 0 Å². The van der Waals surface area contributed by atoms with Gasteiger partial charge in [0.2, 0.25) is 0 Å². The molecule has 1 heterocycles. The fourth-order valence-electron chi connectivity index (χ4n) is 2.56. The normalized spacial score (nSPS) is 20.4. The number of methoxy groups -OCH3 is 1. The highest BCUT2D eigenvalue weighted by Gasteiger charge is 2.45. The molecule has 180 valence electrons. The molecule has 31 heavy (non-hydrogen) atoms. The highest BCUT2D eigenvalue weighted by Crippen LogP contribution is 2.40. The van der Waals surface area contributed by atoms with Crippen LogP contribution in [0.15, 0.2) is 12.2 Å². The van der Waals surface area contributed by atoms with Crippen molar-refractivity contribution in [2.45, 2.75) is 103 Å². The molecule has 9 heteroatoms. The van der Waals surface area contributed by atoms with E-state index in [1.54, 1.807) is 6.08 Å². The highest BCUT2D eigenvalue weighted by molar-refractivity contribution is 7.79. The molecular formula is C22H42O6SSi2. The van der Waals surface area contributed by atoms with Gasteiger partial charge in [0.1, 0.15) is 6.61 Å². The molecule has 0 N–H and O–H groups in total. The summed E-state index contributed by atoms with van der Waals surface area (Å²) < 4.78 is 29.4. The molecular weight excluding hydrogens is 448 g/mol. The maximum atomic E-state index is 11.8. The van der Waals surface area contributed by atoms with E-state index >= 15 is 0 Å². The minimum atomic E-state index is -2.11. The number of hydrogen-bond acceptors (Lipinski definition) is 7. The Balaban J connectivity index is 3.23. The van der Waals surface area contributed by atoms with E-state index in [-0.39, 0.29) is 33.6 Å². The molecule has 0 saturated carbocycles. The molecule has 1 fully saturated rings. The fraction of sp³-hybridized carbons (Fsp3) is 0.818. The number of ether oxygens (including phenoxy) is 3. The first kappa shape index (κ1) is 28.3. The highest BCUT2D eigenvalue weighted by atomic mass is 32.1. The van der Waals surface area contributed by atoms with Gasteiger partial charge in [0.05, 0.1) is 19.3 Å². The van der Waals surface area contributed by atoms with Crippen LogP contribution in [0.1, 0.15) is 48.0 Å². The fourth-order valence-corrected chi connectivity index (χ4v) is 5.40. The lowest BCUT2D eigenvalue weighted by atomic mass is 10.1. The maximum Gasteiger partial charge on any atom is 0.352 e. The van der Waals surface area contributed by atoms with Gasteiger partial charge in [0.25, 0.3) is 0 Å². The van der Waals surface area contributed by atoms with Crippen molar-refractivity contribution in [2.24, 2.45) is 0 Å². The molecule has 0 radical (unpaired) electrons. The second-order valence-electron chi connectivity index (χ2n) is 11.2. The monoisotopic (exact) mass is 490 g/mol. The molecule has 0 spiro atoms. The Kier molecular flexibility index (Phi) is 9.54. The summed E-state index contributed by atoms with van der Waals surface area (Å²) in [5, 5.41) is 0.207. The van der Waals surface area contributed by atoms with Gasteiger partial charge in [0.15, 0.2) is 22.7 Å². The second-order valence-corrected chi connectivity index (χ2v) is 21.0. The molecule has 0 bridgehead atoms. The van der Waals surface area contributed by atoms with Crippen molar-refractivity contribution in [3.63, 3.8) is 0 Å². The minimum absolute atomic E-state index is 0.0225. The summed E-state index contributed by atoms with van der Waals surface area (Å²) in [4.78, 5) is 11.8. The summed E-state index contributed by atoms with van der Waals surface area (Å²) in [6.07, 6.45) is 2.83. The van der Waals surface area contributed by atoms with Crippen LogP contribution >= 0.6 is 12.2 Å². The summed E-state index contributed by atoms with van der Waals surface area (Å²) in [6, 6.07) is 0. The Labute approximate surface area is 196 Å². The van der Waals surface area contributed by atoms with Crippen LogP contribution < -0.4 is 0 Å². The molecule has 0 aromatic heterocycles. The average Bonchev–Trinajstić information content (AvgIpc) is 3.02. The zero-order valence-corrected chi connectivity index (χ0v) is 24.0. The largest absolute Gasteiger partial charge is 0.466 e. The van der Waals surface area contributed by atoms with Crippen molar-refractivity contribution in [3.05, 3.63) is 12.2 Å². The summed E-state index contributed by atoms with van der Waals surface area (Å²) in [6.45, 7) is 22.3. The second kappa shape index (κ2) is 10.5. The molecule has 1 aliphatic rings. The van der Waals surface area contributed by atoms with E-state index in [2.05, 4.69) is 67.7 Å². The predicted molar refractivity (Wildman–Crippen MR) is 133 cm³/mol. The molecule has 0 aromatic rings. The molecule has 0 aromatic carbocycles. The summed E-state index contributed by atoms with van der Waals surface area (Å²) >= 11 is 5.09. The van der Waals surface area contributed by atoms with Crippen molar-refractivity contribution in [1.82, 2.24) is 0 Å². The van der Waals surface area contributed by atoms with Crippen LogP contribution in [-0.2, 0) is 27.9 Å². The van der Waals surface area contributed by atoms with Gasteiger partial charge in [-0.05, 0) is 42.3 Å². The van der Waals surface area contributed by atoms with Gasteiger partial charge in [-0.15, -0.1) is 0 Å². The molecule has 1 saturated heterocycles. The Bertz CT molecular complexity index is 664.